The van der Waals surface area contributed by atoms with E-state index in [0.29, 0.717) is 6.42 Å². The van der Waals surface area contributed by atoms with Gasteiger partial charge in [-0.3, -0.25) is 4.79 Å². The molecule has 0 bridgehead atoms. The molecule has 0 spiro atoms. The van der Waals surface area contributed by atoms with Crippen molar-refractivity contribution in [3.63, 3.8) is 0 Å². The summed E-state index contributed by atoms with van der Waals surface area (Å²) < 4.78 is 0. The van der Waals surface area contributed by atoms with Gasteiger partial charge in [-0.15, -0.1) is 0 Å². The van der Waals surface area contributed by atoms with Crippen molar-refractivity contribution in [1.82, 2.24) is 0 Å². The molecule has 12 heavy (non-hydrogen) atoms. The van der Waals surface area contributed by atoms with Gasteiger partial charge >= 0.3 is 5.97 Å². The second-order valence-corrected chi connectivity index (χ2v) is 3.02. The average molecular weight is 174 g/mol. The largest absolute Gasteiger partial charge is 0.480 e. The maximum Gasteiger partial charge on any atom is 0.322 e. The van der Waals surface area contributed by atoms with E-state index in [1.54, 1.807) is 0 Å². The maximum atomic E-state index is 10.4. The molecule has 0 aliphatic carbocycles. The zero-order valence-electron chi connectivity index (χ0n) is 7.49. The van der Waals surface area contributed by atoms with Gasteiger partial charge < -0.3 is 16.6 Å². The molecule has 4 heteroatoms. The van der Waals surface area contributed by atoms with E-state index >= 15 is 0 Å². The van der Waals surface area contributed by atoms with Crippen LogP contribution in [0.1, 0.15) is 32.6 Å². The quantitative estimate of drug-likeness (QED) is 0.505. The monoisotopic (exact) mass is 174 g/mol. The van der Waals surface area contributed by atoms with Crippen LogP contribution in [0.2, 0.25) is 0 Å². The van der Waals surface area contributed by atoms with E-state index < -0.39 is 18.1 Å². The highest BCUT2D eigenvalue weighted by atomic mass is 16.4. The lowest BCUT2D eigenvalue weighted by molar-refractivity contribution is -0.139. The minimum absolute atomic E-state index is 0.408. The van der Waals surface area contributed by atoms with Crippen LogP contribution in [-0.4, -0.2) is 23.2 Å². The Morgan fingerprint density at radius 3 is 2.42 bits per heavy atom. The van der Waals surface area contributed by atoms with Gasteiger partial charge in [0.05, 0.1) is 0 Å². The third kappa shape index (κ3) is 4.31. The lowest BCUT2D eigenvalue weighted by atomic mass is 10.0. The van der Waals surface area contributed by atoms with Gasteiger partial charge in [-0.1, -0.05) is 26.2 Å². The number of carbonyl (C=O) groups is 1. The van der Waals surface area contributed by atoms with Gasteiger partial charge in [0.1, 0.15) is 6.04 Å². The van der Waals surface area contributed by atoms with Crippen molar-refractivity contribution in [2.24, 2.45) is 11.5 Å². The zero-order valence-corrected chi connectivity index (χ0v) is 7.49. The van der Waals surface area contributed by atoms with E-state index in [-0.39, 0.29) is 0 Å². The molecule has 72 valence electrons. The Balaban J connectivity index is 3.56. The number of nitrogens with two attached hydrogens (primary N) is 2. The number of aliphatic carboxylic acids is 1. The Morgan fingerprint density at radius 2 is 2.00 bits per heavy atom. The molecule has 0 rings (SSSR count). The first-order chi connectivity index (χ1) is 5.59. The Morgan fingerprint density at radius 1 is 1.42 bits per heavy atom. The smallest absolute Gasteiger partial charge is 0.322 e. The first-order valence-electron chi connectivity index (χ1n) is 4.33. The molecule has 0 fully saturated rings. The number of rotatable bonds is 6. The molecule has 0 saturated heterocycles. The van der Waals surface area contributed by atoms with Gasteiger partial charge in [-0.05, 0) is 6.42 Å². The van der Waals surface area contributed by atoms with E-state index in [4.69, 9.17) is 16.6 Å². The topological polar surface area (TPSA) is 89.3 Å². The fourth-order valence-corrected chi connectivity index (χ4v) is 0.993. The molecule has 0 aromatic heterocycles. The summed E-state index contributed by atoms with van der Waals surface area (Å²) in [5.41, 5.74) is 10.9. The number of hydrogen-bond acceptors (Lipinski definition) is 3. The molecule has 0 aliphatic heterocycles. The normalized spacial score (nSPS) is 15.6. The van der Waals surface area contributed by atoms with E-state index in [1.165, 1.54) is 0 Å². The maximum absolute atomic E-state index is 10.4. The molecule has 4 nitrogen and oxygen atoms in total. The molecule has 0 aromatic carbocycles. The predicted molar refractivity (Wildman–Crippen MR) is 47.7 cm³/mol. The molecule has 0 amide bonds. The lowest BCUT2D eigenvalue weighted by Gasteiger charge is -2.14. The molecule has 5 N–H and O–H groups in total. The highest BCUT2D eigenvalue weighted by molar-refractivity contribution is 5.74. The summed E-state index contributed by atoms with van der Waals surface area (Å²) in [4.78, 5) is 10.4. The molecular formula is C8H18N2O2. The SMILES string of the molecule is CCCCCC(N)[C@H](N)C(=O)O. The second-order valence-electron chi connectivity index (χ2n) is 3.02. The van der Waals surface area contributed by atoms with E-state index in [2.05, 4.69) is 6.92 Å². The summed E-state index contributed by atoms with van der Waals surface area (Å²) in [5, 5.41) is 8.50. The molecule has 2 atom stereocenters. The summed E-state index contributed by atoms with van der Waals surface area (Å²) in [5.74, 6) is -1.01. The van der Waals surface area contributed by atoms with Gasteiger partial charge in [0.15, 0.2) is 0 Å². The van der Waals surface area contributed by atoms with Crippen molar-refractivity contribution in [3.8, 4) is 0 Å². The van der Waals surface area contributed by atoms with Crippen LogP contribution in [0.25, 0.3) is 0 Å². The Hall–Kier alpha value is -0.610. The Labute approximate surface area is 72.9 Å². The number of carboxylic acids is 1. The average Bonchev–Trinajstić information content (AvgIpc) is 2.03. The van der Waals surface area contributed by atoms with Crippen LogP contribution >= 0.6 is 0 Å². The van der Waals surface area contributed by atoms with Crippen LogP contribution in [0.4, 0.5) is 0 Å². The minimum Gasteiger partial charge on any atom is -0.480 e. The minimum atomic E-state index is -1.01. The summed E-state index contributed by atoms with van der Waals surface area (Å²) in [6.45, 7) is 2.09. The lowest BCUT2D eigenvalue weighted by Crippen LogP contribution is -2.46. The van der Waals surface area contributed by atoms with E-state index in [9.17, 15) is 4.79 Å². The summed E-state index contributed by atoms with van der Waals surface area (Å²) in [6.07, 6.45) is 3.84. The molecular weight excluding hydrogens is 156 g/mol. The van der Waals surface area contributed by atoms with Crippen LogP contribution < -0.4 is 11.5 Å². The molecule has 0 radical (unpaired) electrons. The van der Waals surface area contributed by atoms with E-state index in [0.717, 1.165) is 19.3 Å². The van der Waals surface area contributed by atoms with Crippen LogP contribution in [0.3, 0.4) is 0 Å². The van der Waals surface area contributed by atoms with Crippen LogP contribution in [0.5, 0.6) is 0 Å². The van der Waals surface area contributed by atoms with Crippen molar-refractivity contribution in [2.45, 2.75) is 44.7 Å². The van der Waals surface area contributed by atoms with Gasteiger partial charge in [0.25, 0.3) is 0 Å². The van der Waals surface area contributed by atoms with Crippen molar-refractivity contribution in [1.29, 1.82) is 0 Å². The van der Waals surface area contributed by atoms with Gasteiger partial charge in [0, 0.05) is 6.04 Å². The third-order valence-corrected chi connectivity index (χ3v) is 1.89. The Kier molecular flexibility index (Phi) is 5.66. The summed E-state index contributed by atoms with van der Waals surface area (Å²) in [7, 11) is 0. The molecule has 0 aromatic rings. The van der Waals surface area contributed by atoms with Gasteiger partial charge in [-0.25, -0.2) is 0 Å². The van der Waals surface area contributed by atoms with Crippen LogP contribution in [0, 0.1) is 0 Å². The van der Waals surface area contributed by atoms with Crippen molar-refractivity contribution in [3.05, 3.63) is 0 Å². The van der Waals surface area contributed by atoms with Crippen LogP contribution in [-0.2, 0) is 4.79 Å². The summed E-state index contributed by atoms with van der Waals surface area (Å²) >= 11 is 0. The number of carboxylic acid groups (broad SMARTS) is 1. The Bertz CT molecular complexity index is 139. The fourth-order valence-electron chi connectivity index (χ4n) is 0.993. The first-order valence-corrected chi connectivity index (χ1v) is 4.33. The highest BCUT2D eigenvalue weighted by Gasteiger charge is 2.19. The predicted octanol–water partition coefficient (Wildman–Crippen LogP) is 0.306. The zero-order chi connectivity index (χ0) is 9.56. The van der Waals surface area contributed by atoms with Gasteiger partial charge in [0.2, 0.25) is 0 Å². The highest BCUT2D eigenvalue weighted by Crippen LogP contribution is 2.03. The number of hydrogen-bond donors (Lipinski definition) is 3. The van der Waals surface area contributed by atoms with Gasteiger partial charge in [-0.2, -0.15) is 0 Å². The third-order valence-electron chi connectivity index (χ3n) is 1.89. The fraction of sp³-hybridized carbons (Fsp3) is 0.875. The second kappa shape index (κ2) is 5.97. The molecule has 1 unspecified atom stereocenters. The van der Waals surface area contributed by atoms with Crippen molar-refractivity contribution in [2.75, 3.05) is 0 Å². The number of unbranched alkanes of at least 4 members (excludes halogenated alkanes) is 2. The summed E-state index contributed by atoms with van der Waals surface area (Å²) in [6, 6.07) is -1.32. The molecule has 0 saturated carbocycles. The van der Waals surface area contributed by atoms with Crippen molar-refractivity contribution >= 4 is 5.97 Å². The van der Waals surface area contributed by atoms with Crippen LogP contribution in [0.15, 0.2) is 0 Å². The van der Waals surface area contributed by atoms with Crippen molar-refractivity contribution < 1.29 is 9.90 Å². The first kappa shape index (κ1) is 11.4. The standard InChI is InChI=1S/C8H18N2O2/c1-2-3-4-5-6(9)7(10)8(11)12/h6-7H,2-5,9-10H2,1H3,(H,11,12)/t6?,7-/m0/s1. The molecule has 0 aliphatic rings. The van der Waals surface area contributed by atoms with E-state index in [1.807, 2.05) is 0 Å². The molecule has 0 heterocycles.